The average Bonchev–Trinajstić information content (AvgIpc) is 2.79. The molecule has 0 aliphatic rings. The minimum Gasteiger partial charge on any atom is -0.490 e. The van der Waals surface area contributed by atoms with Gasteiger partial charge in [0.15, 0.2) is 18.1 Å². The molecule has 3 aromatic rings. The first kappa shape index (κ1) is 24.6. The molecule has 8 nitrogen and oxygen atoms in total. The number of benzene rings is 3. The van der Waals surface area contributed by atoms with E-state index in [-0.39, 0.29) is 18.2 Å². The quantitative estimate of drug-likeness (QED) is 0.176. The Labute approximate surface area is 209 Å². The summed E-state index contributed by atoms with van der Waals surface area (Å²) in [5.74, 6) is 0.675. The van der Waals surface area contributed by atoms with Crippen LogP contribution in [0.5, 0.6) is 11.5 Å². The third-order valence-electron chi connectivity index (χ3n) is 4.40. The number of non-ortho nitro benzene ring substituents is 1. The Balaban J connectivity index is 1.67. The van der Waals surface area contributed by atoms with E-state index < -0.39 is 4.92 Å². The molecule has 0 atom stereocenters. The lowest BCUT2D eigenvalue weighted by molar-refractivity contribution is -0.384. The van der Waals surface area contributed by atoms with E-state index in [9.17, 15) is 14.9 Å². The van der Waals surface area contributed by atoms with Crippen molar-refractivity contribution in [3.63, 3.8) is 0 Å². The van der Waals surface area contributed by atoms with Crippen molar-refractivity contribution in [1.29, 1.82) is 0 Å². The van der Waals surface area contributed by atoms with Crippen LogP contribution in [-0.4, -0.2) is 24.0 Å². The number of hydrogen-bond donors (Lipinski definition) is 2. The van der Waals surface area contributed by atoms with E-state index in [4.69, 9.17) is 21.1 Å². The highest BCUT2D eigenvalue weighted by Crippen LogP contribution is 2.34. The highest BCUT2D eigenvalue weighted by atomic mass is 127. The summed E-state index contributed by atoms with van der Waals surface area (Å²) in [6, 6.07) is 16.8. The number of halogens is 2. The van der Waals surface area contributed by atoms with Crippen LogP contribution >= 0.6 is 34.2 Å². The van der Waals surface area contributed by atoms with E-state index in [1.165, 1.54) is 12.1 Å². The van der Waals surface area contributed by atoms with Gasteiger partial charge in [0.1, 0.15) is 0 Å². The lowest BCUT2D eigenvalue weighted by Gasteiger charge is -2.16. The molecule has 2 N–H and O–H groups in total. The number of hydrogen-bond acceptors (Lipinski definition) is 6. The standard InChI is InChI=1S/C23H21ClIN3O5/c1-2-32-21-11-15(13-26-18-4-3-5-19(12-18)28(30)31)10-20(25)23(21)33-14-22(29)27-17-8-6-16(24)7-9-17/h3-12,26H,2,13-14H2,1H3,(H,27,29). The third-order valence-corrected chi connectivity index (χ3v) is 5.45. The van der Waals surface area contributed by atoms with E-state index in [1.54, 1.807) is 36.4 Å². The first-order valence-electron chi connectivity index (χ1n) is 9.97. The Kier molecular flexibility index (Phi) is 8.72. The van der Waals surface area contributed by atoms with E-state index >= 15 is 0 Å². The zero-order valence-electron chi connectivity index (χ0n) is 17.6. The molecule has 0 aliphatic heterocycles. The van der Waals surface area contributed by atoms with Gasteiger partial charge in [-0.25, -0.2) is 0 Å². The van der Waals surface area contributed by atoms with Gasteiger partial charge < -0.3 is 20.1 Å². The minimum atomic E-state index is -0.434. The molecule has 0 radical (unpaired) electrons. The molecule has 0 fully saturated rings. The van der Waals surface area contributed by atoms with Crippen LogP contribution in [0.2, 0.25) is 5.02 Å². The van der Waals surface area contributed by atoms with Crippen molar-refractivity contribution in [2.45, 2.75) is 13.5 Å². The van der Waals surface area contributed by atoms with Gasteiger partial charge >= 0.3 is 0 Å². The molecule has 0 heterocycles. The lowest BCUT2D eigenvalue weighted by atomic mass is 10.2. The number of carbonyl (C=O) groups excluding carboxylic acids is 1. The smallest absolute Gasteiger partial charge is 0.271 e. The zero-order chi connectivity index (χ0) is 23.8. The monoisotopic (exact) mass is 581 g/mol. The van der Waals surface area contributed by atoms with Crippen molar-refractivity contribution >= 4 is 57.2 Å². The maximum atomic E-state index is 12.3. The highest BCUT2D eigenvalue weighted by molar-refractivity contribution is 14.1. The number of nitrogens with zero attached hydrogens (tertiary/aromatic N) is 1. The Morgan fingerprint density at radius 2 is 1.85 bits per heavy atom. The summed E-state index contributed by atoms with van der Waals surface area (Å²) >= 11 is 7.98. The second-order valence-electron chi connectivity index (χ2n) is 6.84. The highest BCUT2D eigenvalue weighted by Gasteiger charge is 2.15. The molecule has 3 aromatic carbocycles. The molecule has 33 heavy (non-hydrogen) atoms. The number of ether oxygens (including phenoxy) is 2. The van der Waals surface area contributed by atoms with Gasteiger partial charge in [0.25, 0.3) is 11.6 Å². The van der Waals surface area contributed by atoms with Crippen molar-refractivity contribution in [3.8, 4) is 11.5 Å². The Morgan fingerprint density at radius 1 is 1.09 bits per heavy atom. The first-order valence-corrected chi connectivity index (χ1v) is 11.4. The molecule has 0 aliphatic carbocycles. The SMILES string of the molecule is CCOc1cc(CNc2cccc([N+](=O)[O-])c2)cc(I)c1OCC(=O)Nc1ccc(Cl)cc1. The second-order valence-corrected chi connectivity index (χ2v) is 8.44. The van der Waals surface area contributed by atoms with Crippen molar-refractivity contribution in [1.82, 2.24) is 0 Å². The van der Waals surface area contributed by atoms with E-state index in [0.29, 0.717) is 41.0 Å². The number of carbonyl (C=O) groups is 1. The van der Waals surface area contributed by atoms with Gasteiger partial charge in [0.2, 0.25) is 0 Å². The number of nitrogens with one attached hydrogen (secondary N) is 2. The molecule has 0 saturated heterocycles. The van der Waals surface area contributed by atoms with Gasteiger partial charge in [-0.2, -0.15) is 0 Å². The lowest BCUT2D eigenvalue weighted by Crippen LogP contribution is -2.20. The topological polar surface area (TPSA) is 103 Å². The van der Waals surface area contributed by atoms with Gasteiger partial charge in [0.05, 0.1) is 15.1 Å². The second kappa shape index (κ2) is 11.7. The molecule has 0 saturated carbocycles. The summed E-state index contributed by atoms with van der Waals surface area (Å²) in [5, 5.41) is 17.5. The summed E-state index contributed by atoms with van der Waals surface area (Å²) in [7, 11) is 0. The van der Waals surface area contributed by atoms with E-state index in [0.717, 1.165) is 9.13 Å². The average molecular weight is 582 g/mol. The summed E-state index contributed by atoms with van der Waals surface area (Å²) in [5.41, 5.74) is 2.17. The predicted octanol–water partition coefficient (Wildman–Crippen LogP) is 5.88. The number of rotatable bonds is 10. The van der Waals surface area contributed by atoms with Crippen LogP contribution in [-0.2, 0) is 11.3 Å². The first-order chi connectivity index (χ1) is 15.9. The van der Waals surface area contributed by atoms with E-state index in [2.05, 4.69) is 33.2 Å². The fraction of sp³-hybridized carbons (Fsp3) is 0.174. The normalized spacial score (nSPS) is 10.4. The van der Waals surface area contributed by atoms with Crippen LogP contribution in [0.4, 0.5) is 17.1 Å². The molecule has 1 amide bonds. The number of amides is 1. The fourth-order valence-corrected chi connectivity index (χ4v) is 3.88. The molecule has 0 bridgehead atoms. The van der Waals surface area contributed by atoms with Gasteiger partial charge in [0, 0.05) is 35.1 Å². The van der Waals surface area contributed by atoms with Gasteiger partial charge in [-0.3, -0.25) is 14.9 Å². The Bertz CT molecular complexity index is 1140. The van der Waals surface area contributed by atoms with Crippen LogP contribution in [0.15, 0.2) is 60.7 Å². The van der Waals surface area contributed by atoms with Gasteiger partial charge in [-0.15, -0.1) is 0 Å². The number of nitro groups is 1. The number of anilines is 2. The van der Waals surface area contributed by atoms with Crippen LogP contribution in [0.1, 0.15) is 12.5 Å². The largest absolute Gasteiger partial charge is 0.490 e. The molecule has 0 spiro atoms. The molecule has 0 aromatic heterocycles. The summed E-state index contributed by atoms with van der Waals surface area (Å²) in [6.07, 6.45) is 0. The van der Waals surface area contributed by atoms with Crippen molar-refractivity contribution in [3.05, 3.63) is 84.9 Å². The number of nitro benzene ring substituents is 1. The van der Waals surface area contributed by atoms with Crippen molar-refractivity contribution in [2.24, 2.45) is 0 Å². The van der Waals surface area contributed by atoms with Crippen molar-refractivity contribution < 1.29 is 19.2 Å². The molecule has 3 rings (SSSR count). The fourth-order valence-electron chi connectivity index (χ4n) is 2.93. The van der Waals surface area contributed by atoms with Crippen LogP contribution in [0.3, 0.4) is 0 Å². The maximum Gasteiger partial charge on any atom is 0.271 e. The zero-order valence-corrected chi connectivity index (χ0v) is 20.6. The Hall–Kier alpha value is -3.05. The predicted molar refractivity (Wildman–Crippen MR) is 136 cm³/mol. The summed E-state index contributed by atoms with van der Waals surface area (Å²) < 4.78 is 12.3. The van der Waals surface area contributed by atoms with Gasteiger partial charge in [-0.05, 0) is 77.5 Å². The summed E-state index contributed by atoms with van der Waals surface area (Å²) in [4.78, 5) is 22.8. The minimum absolute atomic E-state index is 0.0187. The molecule has 0 unspecified atom stereocenters. The third kappa shape index (κ3) is 7.22. The summed E-state index contributed by atoms with van der Waals surface area (Å²) in [6.45, 7) is 2.52. The molecular formula is C23H21ClIN3O5. The van der Waals surface area contributed by atoms with Crippen LogP contribution in [0, 0.1) is 13.7 Å². The van der Waals surface area contributed by atoms with Gasteiger partial charge in [-0.1, -0.05) is 17.7 Å². The molecular weight excluding hydrogens is 561 g/mol. The Morgan fingerprint density at radius 3 is 2.55 bits per heavy atom. The van der Waals surface area contributed by atoms with Crippen LogP contribution in [0.25, 0.3) is 0 Å². The molecule has 10 heteroatoms. The maximum absolute atomic E-state index is 12.3. The van der Waals surface area contributed by atoms with Crippen LogP contribution < -0.4 is 20.1 Å². The van der Waals surface area contributed by atoms with E-state index in [1.807, 2.05) is 19.1 Å². The van der Waals surface area contributed by atoms with Crippen molar-refractivity contribution in [2.75, 3.05) is 23.8 Å². The molecule has 172 valence electrons.